The molecular formula is C13H17BrFNO. The molecule has 0 bridgehead atoms. The number of halogens is 2. The summed E-state index contributed by atoms with van der Waals surface area (Å²) in [6, 6.07) is 4.82. The third-order valence-corrected chi connectivity index (χ3v) is 3.72. The van der Waals surface area contributed by atoms with E-state index in [1.165, 1.54) is 6.07 Å². The highest BCUT2D eigenvalue weighted by Gasteiger charge is 2.29. The SMILES string of the molecule is CC(NCC(O)C1CC1)c1cc(Br)ccc1F. The van der Waals surface area contributed by atoms with E-state index in [2.05, 4.69) is 21.2 Å². The molecule has 0 amide bonds. The average molecular weight is 302 g/mol. The Balaban J connectivity index is 1.93. The first kappa shape index (κ1) is 13.0. The minimum absolute atomic E-state index is 0.0964. The van der Waals surface area contributed by atoms with Crippen LogP contribution >= 0.6 is 15.9 Å². The van der Waals surface area contributed by atoms with Crippen molar-refractivity contribution >= 4 is 15.9 Å². The Kier molecular flexibility index (Phi) is 4.17. The Morgan fingerprint density at radius 2 is 2.24 bits per heavy atom. The van der Waals surface area contributed by atoms with Crippen molar-refractivity contribution in [2.24, 2.45) is 5.92 Å². The molecule has 4 heteroatoms. The van der Waals surface area contributed by atoms with Gasteiger partial charge in [-0.15, -0.1) is 0 Å². The molecule has 2 unspecified atom stereocenters. The number of benzene rings is 1. The summed E-state index contributed by atoms with van der Waals surface area (Å²) >= 11 is 3.33. The van der Waals surface area contributed by atoms with Crippen molar-refractivity contribution in [3.05, 3.63) is 34.1 Å². The van der Waals surface area contributed by atoms with Crippen molar-refractivity contribution in [2.75, 3.05) is 6.54 Å². The molecule has 2 nitrogen and oxygen atoms in total. The summed E-state index contributed by atoms with van der Waals surface area (Å²) in [4.78, 5) is 0. The second kappa shape index (κ2) is 5.46. The Morgan fingerprint density at radius 1 is 1.53 bits per heavy atom. The van der Waals surface area contributed by atoms with E-state index in [-0.39, 0.29) is 18.0 Å². The Bertz CT molecular complexity index is 395. The van der Waals surface area contributed by atoms with Crippen molar-refractivity contribution in [3.63, 3.8) is 0 Å². The number of nitrogens with one attached hydrogen (secondary N) is 1. The smallest absolute Gasteiger partial charge is 0.128 e. The van der Waals surface area contributed by atoms with Crippen LogP contribution in [0, 0.1) is 11.7 Å². The lowest BCUT2D eigenvalue weighted by Gasteiger charge is -2.18. The Labute approximate surface area is 109 Å². The van der Waals surface area contributed by atoms with Gasteiger partial charge in [0.2, 0.25) is 0 Å². The van der Waals surface area contributed by atoms with Crippen LogP contribution in [-0.2, 0) is 0 Å². The lowest BCUT2D eigenvalue weighted by Crippen LogP contribution is -2.30. The van der Waals surface area contributed by atoms with Gasteiger partial charge in [0.15, 0.2) is 0 Å². The summed E-state index contributed by atoms with van der Waals surface area (Å²) in [5.41, 5.74) is 0.627. The van der Waals surface area contributed by atoms with Gasteiger partial charge < -0.3 is 10.4 Å². The van der Waals surface area contributed by atoms with Crippen LogP contribution in [0.5, 0.6) is 0 Å². The monoisotopic (exact) mass is 301 g/mol. The molecule has 0 heterocycles. The molecule has 0 aliphatic heterocycles. The summed E-state index contributed by atoms with van der Waals surface area (Å²) in [7, 11) is 0. The summed E-state index contributed by atoms with van der Waals surface area (Å²) in [6.07, 6.45) is 1.93. The number of rotatable bonds is 5. The zero-order valence-corrected chi connectivity index (χ0v) is 11.4. The lowest BCUT2D eigenvalue weighted by atomic mass is 10.1. The summed E-state index contributed by atoms with van der Waals surface area (Å²) in [5, 5.41) is 12.9. The lowest BCUT2D eigenvalue weighted by molar-refractivity contribution is 0.145. The molecule has 1 aromatic rings. The summed E-state index contributed by atoms with van der Waals surface area (Å²) in [6.45, 7) is 2.43. The Morgan fingerprint density at radius 3 is 2.88 bits per heavy atom. The second-order valence-electron chi connectivity index (χ2n) is 4.70. The van der Waals surface area contributed by atoms with Crippen molar-refractivity contribution in [1.82, 2.24) is 5.32 Å². The maximum atomic E-state index is 13.6. The highest BCUT2D eigenvalue weighted by molar-refractivity contribution is 9.10. The molecule has 17 heavy (non-hydrogen) atoms. The molecule has 0 saturated heterocycles. The fourth-order valence-corrected chi connectivity index (χ4v) is 2.28. The van der Waals surface area contributed by atoms with E-state index >= 15 is 0 Å². The van der Waals surface area contributed by atoms with Gasteiger partial charge in [-0.2, -0.15) is 0 Å². The van der Waals surface area contributed by atoms with Gasteiger partial charge in [-0.3, -0.25) is 0 Å². The molecule has 2 atom stereocenters. The van der Waals surface area contributed by atoms with Gasteiger partial charge in [0.1, 0.15) is 5.82 Å². The molecule has 1 aliphatic carbocycles. The largest absolute Gasteiger partial charge is 0.392 e. The first-order chi connectivity index (χ1) is 8.08. The average Bonchev–Trinajstić information content (AvgIpc) is 3.12. The highest BCUT2D eigenvalue weighted by atomic mass is 79.9. The molecule has 2 N–H and O–H groups in total. The van der Waals surface area contributed by atoms with Gasteiger partial charge in [-0.05, 0) is 43.9 Å². The predicted octanol–water partition coefficient (Wildman–Crippen LogP) is 3.01. The van der Waals surface area contributed by atoms with Crippen LogP contribution in [0.2, 0.25) is 0 Å². The first-order valence-corrected chi connectivity index (χ1v) is 6.73. The zero-order valence-electron chi connectivity index (χ0n) is 9.79. The van der Waals surface area contributed by atoms with E-state index in [0.29, 0.717) is 18.0 Å². The molecule has 2 rings (SSSR count). The number of hydrogen-bond donors (Lipinski definition) is 2. The molecule has 0 radical (unpaired) electrons. The minimum Gasteiger partial charge on any atom is -0.392 e. The minimum atomic E-state index is -0.298. The first-order valence-electron chi connectivity index (χ1n) is 5.94. The van der Waals surface area contributed by atoms with Gasteiger partial charge >= 0.3 is 0 Å². The third-order valence-electron chi connectivity index (χ3n) is 3.22. The van der Waals surface area contributed by atoms with E-state index in [0.717, 1.165) is 17.3 Å². The van der Waals surface area contributed by atoms with Crippen LogP contribution in [0.15, 0.2) is 22.7 Å². The molecule has 94 valence electrons. The van der Waals surface area contributed by atoms with Gasteiger partial charge in [0.05, 0.1) is 6.10 Å². The van der Waals surface area contributed by atoms with Crippen LogP contribution in [0.25, 0.3) is 0 Å². The predicted molar refractivity (Wildman–Crippen MR) is 69.2 cm³/mol. The van der Waals surface area contributed by atoms with Gasteiger partial charge in [-0.25, -0.2) is 4.39 Å². The molecular weight excluding hydrogens is 285 g/mol. The van der Waals surface area contributed by atoms with Crippen LogP contribution in [-0.4, -0.2) is 17.8 Å². The molecule has 0 aromatic heterocycles. The normalized spacial score (nSPS) is 19.1. The maximum Gasteiger partial charge on any atom is 0.128 e. The van der Waals surface area contributed by atoms with Crippen molar-refractivity contribution in [3.8, 4) is 0 Å². The van der Waals surface area contributed by atoms with Gasteiger partial charge in [0, 0.05) is 22.6 Å². The summed E-state index contributed by atoms with van der Waals surface area (Å²) < 4.78 is 14.5. The summed E-state index contributed by atoms with van der Waals surface area (Å²) in [5.74, 6) is 0.233. The zero-order chi connectivity index (χ0) is 12.4. The number of hydrogen-bond acceptors (Lipinski definition) is 2. The number of aliphatic hydroxyl groups excluding tert-OH is 1. The van der Waals surface area contributed by atoms with Crippen molar-refractivity contribution in [1.29, 1.82) is 0 Å². The Hall–Kier alpha value is -0.450. The van der Waals surface area contributed by atoms with Crippen LogP contribution in [0.3, 0.4) is 0 Å². The van der Waals surface area contributed by atoms with Crippen molar-refractivity contribution < 1.29 is 9.50 Å². The molecule has 0 spiro atoms. The molecule has 1 aromatic carbocycles. The second-order valence-corrected chi connectivity index (χ2v) is 5.62. The fourth-order valence-electron chi connectivity index (χ4n) is 1.90. The standard InChI is InChI=1S/C13H17BrFNO/c1-8(16-7-13(17)9-2-3-9)11-6-10(14)4-5-12(11)15/h4-6,8-9,13,16-17H,2-3,7H2,1H3. The number of aliphatic hydroxyl groups is 1. The fraction of sp³-hybridized carbons (Fsp3) is 0.538. The van der Waals surface area contributed by atoms with E-state index in [9.17, 15) is 9.50 Å². The van der Waals surface area contributed by atoms with E-state index in [1.54, 1.807) is 12.1 Å². The van der Waals surface area contributed by atoms with Gasteiger partial charge in [0.25, 0.3) is 0 Å². The van der Waals surface area contributed by atoms with Gasteiger partial charge in [-0.1, -0.05) is 15.9 Å². The maximum absolute atomic E-state index is 13.6. The third kappa shape index (κ3) is 3.50. The van der Waals surface area contributed by atoms with E-state index in [4.69, 9.17) is 0 Å². The molecule has 1 aliphatic rings. The molecule has 1 saturated carbocycles. The van der Waals surface area contributed by atoms with E-state index < -0.39 is 0 Å². The van der Waals surface area contributed by atoms with Crippen LogP contribution in [0.4, 0.5) is 4.39 Å². The molecule has 1 fully saturated rings. The topological polar surface area (TPSA) is 32.3 Å². The van der Waals surface area contributed by atoms with Crippen molar-refractivity contribution in [2.45, 2.75) is 31.9 Å². The van der Waals surface area contributed by atoms with Crippen LogP contribution < -0.4 is 5.32 Å². The van der Waals surface area contributed by atoms with E-state index in [1.807, 2.05) is 6.92 Å². The highest BCUT2D eigenvalue weighted by Crippen LogP contribution is 2.32. The quantitative estimate of drug-likeness (QED) is 0.876. The van der Waals surface area contributed by atoms with Crippen LogP contribution in [0.1, 0.15) is 31.4 Å².